The van der Waals surface area contributed by atoms with Crippen LogP contribution in [0, 0.1) is 11.3 Å². The van der Waals surface area contributed by atoms with E-state index in [1.165, 1.54) is 4.57 Å². The van der Waals surface area contributed by atoms with Crippen molar-refractivity contribution in [2.45, 2.75) is 6.54 Å². The van der Waals surface area contributed by atoms with Gasteiger partial charge in [-0.2, -0.15) is 5.26 Å². The minimum Gasteiger partial charge on any atom is -0.456 e. The van der Waals surface area contributed by atoms with Gasteiger partial charge in [-0.25, -0.2) is 0 Å². The monoisotopic (exact) mass is 422 g/mol. The highest BCUT2D eigenvalue weighted by Crippen LogP contribution is 2.26. The van der Waals surface area contributed by atoms with Gasteiger partial charge in [0.2, 0.25) is 5.78 Å². The van der Waals surface area contributed by atoms with Crippen LogP contribution in [0.1, 0.15) is 11.4 Å². The molecule has 0 aliphatic rings. The van der Waals surface area contributed by atoms with Gasteiger partial charge in [-0.15, -0.1) is 10.2 Å². The van der Waals surface area contributed by atoms with Crippen molar-refractivity contribution in [3.05, 3.63) is 94.5 Å². The normalized spacial score (nSPS) is 10.9. The fourth-order valence-electron chi connectivity index (χ4n) is 3.60. The van der Waals surface area contributed by atoms with Gasteiger partial charge in [0.1, 0.15) is 17.6 Å². The Kier molecular flexibility index (Phi) is 4.76. The quantitative estimate of drug-likeness (QED) is 0.462. The molecule has 8 nitrogen and oxygen atoms in total. The van der Waals surface area contributed by atoms with Crippen LogP contribution in [0.2, 0.25) is 0 Å². The van der Waals surface area contributed by atoms with Crippen molar-refractivity contribution >= 4 is 22.4 Å². The summed E-state index contributed by atoms with van der Waals surface area (Å²) in [4.78, 5) is 12.6. The molecule has 156 valence electrons. The van der Waals surface area contributed by atoms with E-state index >= 15 is 0 Å². The van der Waals surface area contributed by atoms with Gasteiger partial charge in [0.05, 0.1) is 23.0 Å². The second-order valence-electron chi connectivity index (χ2n) is 7.22. The number of hydrogen-bond donors (Lipinski definition) is 1. The number of ether oxygens (including phenoxy) is 1. The van der Waals surface area contributed by atoms with Crippen molar-refractivity contribution in [3.63, 3.8) is 0 Å². The number of aryl methyl sites for hydroxylation is 1. The molecule has 0 radical (unpaired) electrons. The van der Waals surface area contributed by atoms with Gasteiger partial charge in [-0.3, -0.25) is 13.8 Å². The average Bonchev–Trinajstić information content (AvgIpc) is 3.27. The minimum atomic E-state index is -0.103. The lowest BCUT2D eigenvalue weighted by Gasteiger charge is -2.10. The van der Waals surface area contributed by atoms with E-state index in [1.807, 2.05) is 52.9 Å². The standard InChI is InChI=1S/C24H18N6O2/c1-29-23(31)19-7-3-4-8-20(19)30-22(27-28-24(29)30)15-26-17-10-12-18(13-11-17)32-21-9-5-2-6-16(21)14-25/h2-13,26H,15H2,1H3. The van der Waals surface area contributed by atoms with Crippen LogP contribution in [0.15, 0.2) is 77.6 Å². The Hall–Kier alpha value is -4.64. The van der Waals surface area contributed by atoms with E-state index in [4.69, 9.17) is 4.74 Å². The molecular weight excluding hydrogens is 404 g/mol. The number of rotatable bonds is 5. The number of anilines is 1. The fourth-order valence-corrected chi connectivity index (χ4v) is 3.60. The topological polar surface area (TPSA) is 97.2 Å². The van der Waals surface area contributed by atoms with Crippen molar-refractivity contribution in [2.24, 2.45) is 7.05 Å². The summed E-state index contributed by atoms with van der Waals surface area (Å²) in [5.41, 5.74) is 2.02. The summed E-state index contributed by atoms with van der Waals surface area (Å²) in [5, 5.41) is 21.6. The number of hydrogen-bond acceptors (Lipinski definition) is 6. The maximum Gasteiger partial charge on any atom is 0.262 e. The molecule has 0 aliphatic heterocycles. The Morgan fingerprint density at radius 1 is 1.00 bits per heavy atom. The first-order valence-corrected chi connectivity index (χ1v) is 9.98. The number of nitrogens with one attached hydrogen (secondary N) is 1. The number of aromatic nitrogens is 4. The summed E-state index contributed by atoms with van der Waals surface area (Å²) in [5.74, 6) is 2.33. The largest absolute Gasteiger partial charge is 0.456 e. The molecule has 0 fully saturated rings. The minimum absolute atomic E-state index is 0.103. The lowest BCUT2D eigenvalue weighted by molar-refractivity contribution is 0.481. The van der Waals surface area contributed by atoms with Crippen molar-refractivity contribution in [2.75, 3.05) is 5.32 Å². The molecule has 0 amide bonds. The fraction of sp³-hybridized carbons (Fsp3) is 0.0833. The van der Waals surface area contributed by atoms with Gasteiger partial charge >= 0.3 is 0 Å². The van der Waals surface area contributed by atoms with E-state index < -0.39 is 0 Å². The van der Waals surface area contributed by atoms with Crippen LogP contribution >= 0.6 is 0 Å². The second kappa shape index (κ2) is 7.89. The van der Waals surface area contributed by atoms with E-state index in [9.17, 15) is 10.1 Å². The summed E-state index contributed by atoms with van der Waals surface area (Å²) < 4.78 is 9.22. The molecule has 0 spiro atoms. The van der Waals surface area contributed by atoms with Crippen LogP contribution in [0.25, 0.3) is 16.7 Å². The first kappa shape index (κ1) is 19.3. The summed E-state index contributed by atoms with van der Waals surface area (Å²) in [7, 11) is 1.69. The Balaban J connectivity index is 1.39. The lowest BCUT2D eigenvalue weighted by Crippen LogP contribution is -2.20. The molecule has 0 bridgehead atoms. The molecule has 1 N–H and O–H groups in total. The molecule has 5 rings (SSSR count). The van der Waals surface area contributed by atoms with E-state index in [2.05, 4.69) is 21.6 Å². The third kappa shape index (κ3) is 3.32. The smallest absolute Gasteiger partial charge is 0.262 e. The maximum absolute atomic E-state index is 12.6. The van der Waals surface area contributed by atoms with E-state index in [0.29, 0.717) is 40.6 Å². The summed E-state index contributed by atoms with van der Waals surface area (Å²) in [6.45, 7) is 0.417. The maximum atomic E-state index is 12.6. The van der Waals surface area contributed by atoms with E-state index in [1.54, 1.807) is 31.3 Å². The third-order valence-corrected chi connectivity index (χ3v) is 5.23. The Morgan fingerprint density at radius 3 is 2.56 bits per heavy atom. The highest BCUT2D eigenvalue weighted by Gasteiger charge is 2.14. The second-order valence-corrected chi connectivity index (χ2v) is 7.22. The molecular formula is C24H18N6O2. The van der Waals surface area contributed by atoms with Gasteiger partial charge in [-0.05, 0) is 48.5 Å². The predicted molar refractivity (Wildman–Crippen MR) is 121 cm³/mol. The van der Waals surface area contributed by atoms with Crippen LogP contribution < -0.4 is 15.6 Å². The van der Waals surface area contributed by atoms with Crippen molar-refractivity contribution in [3.8, 4) is 17.6 Å². The van der Waals surface area contributed by atoms with Gasteiger partial charge < -0.3 is 10.1 Å². The van der Waals surface area contributed by atoms with Crippen molar-refractivity contribution in [1.82, 2.24) is 19.2 Å². The number of fused-ring (bicyclic) bond motifs is 3. The van der Waals surface area contributed by atoms with Crippen molar-refractivity contribution < 1.29 is 4.74 Å². The Bertz CT molecular complexity index is 1540. The average molecular weight is 422 g/mol. The van der Waals surface area contributed by atoms with Crippen LogP contribution in [0.3, 0.4) is 0 Å². The molecule has 0 saturated heterocycles. The zero-order valence-electron chi connectivity index (χ0n) is 17.2. The van der Waals surface area contributed by atoms with Crippen LogP contribution in [0.4, 0.5) is 5.69 Å². The van der Waals surface area contributed by atoms with Gasteiger partial charge in [0.15, 0.2) is 5.82 Å². The number of nitriles is 1. The van der Waals surface area contributed by atoms with Gasteiger partial charge in [0.25, 0.3) is 5.56 Å². The van der Waals surface area contributed by atoms with Crippen LogP contribution in [-0.2, 0) is 13.6 Å². The zero-order valence-corrected chi connectivity index (χ0v) is 17.2. The highest BCUT2D eigenvalue weighted by molar-refractivity contribution is 5.80. The van der Waals surface area contributed by atoms with E-state index in [0.717, 1.165) is 11.2 Å². The number of benzene rings is 3. The third-order valence-electron chi connectivity index (χ3n) is 5.23. The van der Waals surface area contributed by atoms with Crippen LogP contribution in [0.5, 0.6) is 11.5 Å². The molecule has 8 heteroatoms. The number of para-hydroxylation sites is 2. The Morgan fingerprint density at radius 2 is 1.75 bits per heavy atom. The van der Waals surface area contributed by atoms with Crippen LogP contribution in [-0.4, -0.2) is 19.2 Å². The molecule has 32 heavy (non-hydrogen) atoms. The Labute approximate surface area is 182 Å². The molecule has 0 unspecified atom stereocenters. The van der Waals surface area contributed by atoms with Gasteiger partial charge in [0, 0.05) is 12.7 Å². The predicted octanol–water partition coefficient (Wildman–Crippen LogP) is 3.86. The molecule has 0 saturated carbocycles. The molecule has 2 heterocycles. The SMILES string of the molecule is Cn1c(=O)c2ccccc2n2c(CNc3ccc(Oc4ccccc4C#N)cc3)nnc12. The summed E-state index contributed by atoms with van der Waals surface area (Å²) in [6, 6.07) is 24.1. The van der Waals surface area contributed by atoms with Crippen molar-refractivity contribution in [1.29, 1.82) is 5.26 Å². The summed E-state index contributed by atoms with van der Waals surface area (Å²) in [6.07, 6.45) is 0. The zero-order chi connectivity index (χ0) is 22.1. The molecule has 2 aromatic heterocycles. The van der Waals surface area contributed by atoms with Gasteiger partial charge in [-0.1, -0.05) is 24.3 Å². The first-order chi connectivity index (χ1) is 15.7. The highest BCUT2D eigenvalue weighted by atomic mass is 16.5. The van der Waals surface area contributed by atoms with E-state index in [-0.39, 0.29) is 5.56 Å². The first-order valence-electron chi connectivity index (χ1n) is 9.98. The summed E-state index contributed by atoms with van der Waals surface area (Å²) >= 11 is 0. The lowest BCUT2D eigenvalue weighted by atomic mass is 10.2. The number of nitrogens with zero attached hydrogens (tertiary/aromatic N) is 5. The molecule has 0 atom stereocenters. The molecule has 5 aromatic rings. The molecule has 3 aromatic carbocycles. The molecule has 0 aliphatic carbocycles.